The van der Waals surface area contributed by atoms with E-state index >= 15 is 0 Å². The Morgan fingerprint density at radius 1 is 1.58 bits per heavy atom. The molecular formula is C14H18FNO3. The molecule has 2 rings (SSSR count). The average Bonchev–Trinajstić information content (AvgIpc) is 2.79. The molecule has 5 heteroatoms. The number of carboxylic acid groups (broad SMARTS) is 1. The van der Waals surface area contributed by atoms with Crippen molar-refractivity contribution in [2.75, 3.05) is 26.8 Å². The Kier molecular flexibility index (Phi) is 4.50. The van der Waals surface area contributed by atoms with Crippen molar-refractivity contribution in [1.29, 1.82) is 0 Å². The molecule has 0 saturated carbocycles. The molecule has 1 aromatic carbocycles. The number of halogens is 1. The maximum Gasteiger partial charge on any atom is 0.336 e. The first-order valence-electron chi connectivity index (χ1n) is 6.33. The molecule has 0 radical (unpaired) electrons. The van der Waals surface area contributed by atoms with Crippen LogP contribution in [0.3, 0.4) is 0 Å². The van der Waals surface area contributed by atoms with Crippen molar-refractivity contribution in [1.82, 2.24) is 4.90 Å². The molecule has 1 unspecified atom stereocenters. The molecule has 1 saturated heterocycles. The summed E-state index contributed by atoms with van der Waals surface area (Å²) in [6.45, 7) is 3.09. The summed E-state index contributed by atoms with van der Waals surface area (Å²) in [6, 6.07) is 3.95. The zero-order valence-electron chi connectivity index (χ0n) is 10.9. The Morgan fingerprint density at radius 2 is 2.37 bits per heavy atom. The fourth-order valence-corrected chi connectivity index (χ4v) is 2.55. The summed E-state index contributed by atoms with van der Waals surface area (Å²) < 4.78 is 18.2. The summed E-state index contributed by atoms with van der Waals surface area (Å²) in [7, 11) is 1.69. The molecular weight excluding hydrogens is 249 g/mol. The molecule has 1 fully saturated rings. The van der Waals surface area contributed by atoms with Crippen LogP contribution in [0.1, 0.15) is 22.3 Å². The summed E-state index contributed by atoms with van der Waals surface area (Å²) in [6.07, 6.45) is 1.05. The molecule has 104 valence electrons. The molecule has 1 aliphatic heterocycles. The Bertz CT molecular complexity index is 464. The topological polar surface area (TPSA) is 49.8 Å². The van der Waals surface area contributed by atoms with Crippen molar-refractivity contribution in [2.45, 2.75) is 13.0 Å². The molecule has 19 heavy (non-hydrogen) atoms. The molecule has 1 aliphatic rings. The normalized spacial score (nSPS) is 19.8. The van der Waals surface area contributed by atoms with Crippen molar-refractivity contribution in [3.05, 3.63) is 35.1 Å². The van der Waals surface area contributed by atoms with Crippen LogP contribution in [-0.2, 0) is 11.3 Å². The summed E-state index contributed by atoms with van der Waals surface area (Å²) in [5.74, 6) is -1.10. The minimum Gasteiger partial charge on any atom is -0.478 e. The van der Waals surface area contributed by atoms with E-state index in [0.29, 0.717) is 18.0 Å². The highest BCUT2D eigenvalue weighted by atomic mass is 19.1. The van der Waals surface area contributed by atoms with Gasteiger partial charge in [-0.1, -0.05) is 6.07 Å². The number of aromatic carboxylic acids is 1. The molecule has 0 aromatic heterocycles. The van der Waals surface area contributed by atoms with Gasteiger partial charge < -0.3 is 9.84 Å². The second-order valence-corrected chi connectivity index (χ2v) is 4.95. The lowest BCUT2D eigenvalue weighted by molar-refractivity contribution is 0.0694. The smallest absolute Gasteiger partial charge is 0.336 e. The number of methoxy groups -OCH3 is 1. The highest BCUT2D eigenvalue weighted by Gasteiger charge is 2.23. The van der Waals surface area contributed by atoms with E-state index < -0.39 is 11.8 Å². The van der Waals surface area contributed by atoms with Gasteiger partial charge in [-0.15, -0.1) is 0 Å². The van der Waals surface area contributed by atoms with E-state index in [4.69, 9.17) is 9.84 Å². The van der Waals surface area contributed by atoms with Crippen molar-refractivity contribution in [2.24, 2.45) is 5.92 Å². The van der Waals surface area contributed by atoms with Gasteiger partial charge in [0.2, 0.25) is 0 Å². The fraction of sp³-hybridized carbons (Fsp3) is 0.500. The zero-order chi connectivity index (χ0) is 13.8. The molecule has 0 bridgehead atoms. The Labute approximate surface area is 111 Å². The largest absolute Gasteiger partial charge is 0.478 e. The maximum atomic E-state index is 13.1. The van der Waals surface area contributed by atoms with Crippen molar-refractivity contribution in [3.8, 4) is 0 Å². The van der Waals surface area contributed by atoms with Gasteiger partial charge >= 0.3 is 5.97 Å². The summed E-state index contributed by atoms with van der Waals surface area (Å²) in [5, 5.41) is 9.10. The predicted octanol–water partition coefficient (Wildman–Crippen LogP) is 1.99. The average molecular weight is 267 g/mol. The van der Waals surface area contributed by atoms with Crippen LogP contribution in [0.15, 0.2) is 18.2 Å². The van der Waals surface area contributed by atoms with Crippen LogP contribution in [-0.4, -0.2) is 42.8 Å². The fourth-order valence-electron chi connectivity index (χ4n) is 2.55. The number of ether oxygens (including phenoxy) is 1. The van der Waals surface area contributed by atoms with Crippen LogP contribution >= 0.6 is 0 Å². The minimum absolute atomic E-state index is 0.0511. The van der Waals surface area contributed by atoms with Gasteiger partial charge in [0, 0.05) is 20.2 Å². The standard InChI is InChI=1S/C14H18FNO3/c1-19-9-10-4-5-16(7-10)8-11-2-3-12(15)6-13(11)14(17)18/h2-3,6,10H,4-5,7-9H2,1H3,(H,17,18). The second kappa shape index (κ2) is 6.12. The lowest BCUT2D eigenvalue weighted by atomic mass is 10.1. The van der Waals surface area contributed by atoms with E-state index in [1.54, 1.807) is 13.2 Å². The van der Waals surface area contributed by atoms with E-state index in [9.17, 15) is 9.18 Å². The van der Waals surface area contributed by atoms with Gasteiger partial charge in [0.15, 0.2) is 0 Å². The predicted molar refractivity (Wildman–Crippen MR) is 68.6 cm³/mol. The third-order valence-electron chi connectivity index (χ3n) is 3.47. The Hall–Kier alpha value is -1.46. The quantitative estimate of drug-likeness (QED) is 0.886. The van der Waals surface area contributed by atoms with E-state index in [1.807, 2.05) is 0 Å². The summed E-state index contributed by atoms with van der Waals surface area (Å²) in [4.78, 5) is 13.3. The van der Waals surface area contributed by atoms with Gasteiger partial charge in [-0.25, -0.2) is 9.18 Å². The number of rotatable bonds is 5. The van der Waals surface area contributed by atoms with Crippen LogP contribution in [0.4, 0.5) is 4.39 Å². The van der Waals surface area contributed by atoms with Crippen LogP contribution in [0.2, 0.25) is 0 Å². The van der Waals surface area contributed by atoms with Crippen molar-refractivity contribution < 1.29 is 19.0 Å². The molecule has 1 heterocycles. The summed E-state index contributed by atoms with van der Waals surface area (Å²) >= 11 is 0. The van der Waals surface area contributed by atoms with Gasteiger partial charge in [-0.3, -0.25) is 4.90 Å². The van der Waals surface area contributed by atoms with Crippen LogP contribution in [0.25, 0.3) is 0 Å². The van der Waals surface area contributed by atoms with E-state index in [2.05, 4.69) is 4.90 Å². The van der Waals surface area contributed by atoms with Crippen molar-refractivity contribution in [3.63, 3.8) is 0 Å². The lowest BCUT2D eigenvalue weighted by Crippen LogP contribution is -2.22. The number of hydrogen-bond donors (Lipinski definition) is 1. The molecule has 0 amide bonds. The second-order valence-electron chi connectivity index (χ2n) is 4.95. The number of likely N-dealkylation sites (tertiary alicyclic amines) is 1. The van der Waals surface area contributed by atoms with Gasteiger partial charge in [0.1, 0.15) is 5.82 Å². The minimum atomic E-state index is -1.08. The van der Waals surface area contributed by atoms with E-state index in [1.165, 1.54) is 6.07 Å². The number of carbonyl (C=O) groups is 1. The third kappa shape index (κ3) is 3.52. The molecule has 0 aliphatic carbocycles. The third-order valence-corrected chi connectivity index (χ3v) is 3.47. The molecule has 1 N–H and O–H groups in total. The van der Waals surface area contributed by atoms with Gasteiger partial charge in [0.25, 0.3) is 0 Å². The van der Waals surface area contributed by atoms with Crippen LogP contribution < -0.4 is 0 Å². The summed E-state index contributed by atoms with van der Waals surface area (Å²) in [5.41, 5.74) is 0.710. The monoisotopic (exact) mass is 267 g/mol. The lowest BCUT2D eigenvalue weighted by Gasteiger charge is -2.17. The highest BCUT2D eigenvalue weighted by Crippen LogP contribution is 2.21. The van der Waals surface area contributed by atoms with Gasteiger partial charge in [0.05, 0.1) is 12.2 Å². The zero-order valence-corrected chi connectivity index (χ0v) is 10.9. The highest BCUT2D eigenvalue weighted by molar-refractivity contribution is 5.89. The maximum absolute atomic E-state index is 13.1. The van der Waals surface area contributed by atoms with Gasteiger partial charge in [-0.2, -0.15) is 0 Å². The number of nitrogens with zero attached hydrogens (tertiary/aromatic N) is 1. The molecule has 1 atom stereocenters. The Balaban J connectivity index is 2.05. The van der Waals surface area contributed by atoms with Crippen LogP contribution in [0, 0.1) is 11.7 Å². The van der Waals surface area contributed by atoms with E-state index in [-0.39, 0.29) is 5.56 Å². The SMILES string of the molecule is COCC1CCN(Cc2ccc(F)cc2C(=O)O)C1. The molecule has 4 nitrogen and oxygen atoms in total. The van der Waals surface area contributed by atoms with Crippen LogP contribution in [0.5, 0.6) is 0 Å². The molecule has 0 spiro atoms. The first-order valence-corrected chi connectivity index (χ1v) is 6.33. The first-order chi connectivity index (χ1) is 9.10. The van der Waals surface area contributed by atoms with Gasteiger partial charge in [-0.05, 0) is 36.6 Å². The van der Waals surface area contributed by atoms with Crippen molar-refractivity contribution >= 4 is 5.97 Å². The number of benzene rings is 1. The number of carboxylic acids is 1. The Morgan fingerprint density at radius 3 is 3.05 bits per heavy atom. The van der Waals surface area contributed by atoms with E-state index in [0.717, 1.165) is 32.2 Å². The number of hydrogen-bond acceptors (Lipinski definition) is 3. The first kappa shape index (κ1) is 14.0. The molecule has 1 aromatic rings.